The summed E-state index contributed by atoms with van der Waals surface area (Å²) in [6.07, 6.45) is 8.17. The molecule has 1 aliphatic heterocycles. The Hall–Kier alpha value is -0.860. The first-order valence-electron chi connectivity index (χ1n) is 8.35. The van der Waals surface area contributed by atoms with Crippen molar-refractivity contribution >= 4 is 0 Å². The van der Waals surface area contributed by atoms with Gasteiger partial charge in [-0.1, -0.05) is 30.7 Å². The Balaban J connectivity index is 1.58. The van der Waals surface area contributed by atoms with Gasteiger partial charge >= 0.3 is 0 Å². The van der Waals surface area contributed by atoms with Crippen LogP contribution in [0.1, 0.15) is 49.3 Å². The number of piperidine rings is 1. The van der Waals surface area contributed by atoms with E-state index in [1.54, 1.807) is 11.1 Å². The van der Waals surface area contributed by atoms with Gasteiger partial charge in [-0.25, -0.2) is 0 Å². The second-order valence-electron chi connectivity index (χ2n) is 6.49. The van der Waals surface area contributed by atoms with Crippen molar-refractivity contribution < 1.29 is 0 Å². The van der Waals surface area contributed by atoms with Crippen LogP contribution in [0, 0.1) is 0 Å². The molecule has 1 atom stereocenters. The van der Waals surface area contributed by atoms with E-state index in [4.69, 9.17) is 0 Å². The van der Waals surface area contributed by atoms with Gasteiger partial charge in [-0.2, -0.15) is 0 Å². The summed E-state index contributed by atoms with van der Waals surface area (Å²) in [6.45, 7) is 5.08. The van der Waals surface area contributed by atoms with E-state index in [1.165, 1.54) is 64.7 Å². The second kappa shape index (κ2) is 6.73. The quantitative estimate of drug-likeness (QED) is 0.828. The number of benzene rings is 1. The van der Waals surface area contributed by atoms with Crippen LogP contribution in [0.5, 0.6) is 0 Å². The average Bonchev–Trinajstić information content (AvgIpc) is 2.53. The van der Waals surface area contributed by atoms with Crippen LogP contribution in [0.25, 0.3) is 0 Å². The van der Waals surface area contributed by atoms with E-state index in [1.807, 2.05) is 0 Å². The largest absolute Gasteiger partial charge is 0.302 e. The van der Waals surface area contributed by atoms with Crippen LogP contribution in [0.3, 0.4) is 0 Å². The summed E-state index contributed by atoms with van der Waals surface area (Å²) in [7, 11) is 2.32. The summed E-state index contributed by atoms with van der Waals surface area (Å²) in [6, 6.07) is 9.70. The fraction of sp³-hybridized carbons (Fsp3) is 0.667. The summed E-state index contributed by atoms with van der Waals surface area (Å²) in [5.74, 6) is 0. The molecule has 0 N–H and O–H groups in total. The summed E-state index contributed by atoms with van der Waals surface area (Å²) < 4.78 is 0. The molecule has 1 heterocycles. The molecular weight excluding hydrogens is 244 g/mol. The Labute approximate surface area is 123 Å². The molecule has 0 spiro atoms. The molecule has 2 aliphatic rings. The smallest absolute Gasteiger partial charge is 0.0348 e. The Morgan fingerprint density at radius 1 is 1.10 bits per heavy atom. The first kappa shape index (κ1) is 14.1. The van der Waals surface area contributed by atoms with Crippen molar-refractivity contribution in [3.63, 3.8) is 0 Å². The van der Waals surface area contributed by atoms with E-state index in [9.17, 15) is 0 Å². The fourth-order valence-electron chi connectivity index (χ4n) is 3.82. The Kier molecular flexibility index (Phi) is 4.74. The van der Waals surface area contributed by atoms with Crippen molar-refractivity contribution in [2.45, 2.75) is 44.6 Å². The number of likely N-dealkylation sites (tertiary alicyclic amines) is 1. The van der Waals surface area contributed by atoms with Crippen LogP contribution in [0.15, 0.2) is 24.3 Å². The molecule has 0 bridgehead atoms. The molecule has 110 valence electrons. The standard InChI is InChI=1S/C18H28N2/c1-19(14-15-20-12-5-2-6-13-20)18-11-7-9-16-8-3-4-10-17(16)18/h3-4,8,10,18H,2,5-7,9,11-15H2,1H3/t18-/m0/s1. The van der Waals surface area contributed by atoms with E-state index in [0.29, 0.717) is 6.04 Å². The third-order valence-electron chi connectivity index (χ3n) is 5.09. The van der Waals surface area contributed by atoms with E-state index in [2.05, 4.69) is 41.1 Å². The van der Waals surface area contributed by atoms with Crippen molar-refractivity contribution in [2.24, 2.45) is 0 Å². The number of likely N-dealkylation sites (N-methyl/N-ethyl adjacent to an activating group) is 1. The molecule has 0 radical (unpaired) electrons. The lowest BCUT2D eigenvalue weighted by atomic mass is 9.87. The Morgan fingerprint density at radius 3 is 2.75 bits per heavy atom. The van der Waals surface area contributed by atoms with Crippen LogP contribution in [0.4, 0.5) is 0 Å². The molecule has 1 aromatic rings. The highest BCUT2D eigenvalue weighted by Crippen LogP contribution is 2.33. The van der Waals surface area contributed by atoms with E-state index < -0.39 is 0 Å². The van der Waals surface area contributed by atoms with E-state index in [-0.39, 0.29) is 0 Å². The molecule has 0 unspecified atom stereocenters. The predicted octanol–water partition coefficient (Wildman–Crippen LogP) is 3.48. The van der Waals surface area contributed by atoms with Crippen LogP contribution < -0.4 is 0 Å². The topological polar surface area (TPSA) is 6.48 Å². The minimum absolute atomic E-state index is 0.643. The summed E-state index contributed by atoms with van der Waals surface area (Å²) in [5, 5.41) is 0. The maximum Gasteiger partial charge on any atom is 0.0348 e. The van der Waals surface area contributed by atoms with E-state index >= 15 is 0 Å². The summed E-state index contributed by atoms with van der Waals surface area (Å²) in [5.41, 5.74) is 3.16. The number of fused-ring (bicyclic) bond motifs is 1. The van der Waals surface area contributed by atoms with Gasteiger partial charge in [0.15, 0.2) is 0 Å². The minimum Gasteiger partial charge on any atom is -0.302 e. The molecule has 0 aromatic heterocycles. The van der Waals surface area contributed by atoms with Gasteiger partial charge in [0.1, 0.15) is 0 Å². The van der Waals surface area contributed by atoms with Gasteiger partial charge in [0.05, 0.1) is 0 Å². The third kappa shape index (κ3) is 3.24. The highest BCUT2D eigenvalue weighted by atomic mass is 15.2. The zero-order valence-electron chi connectivity index (χ0n) is 12.9. The van der Waals surface area contributed by atoms with Crippen molar-refractivity contribution in [1.82, 2.24) is 9.80 Å². The molecule has 1 saturated heterocycles. The lowest BCUT2D eigenvalue weighted by molar-refractivity contribution is 0.162. The van der Waals surface area contributed by atoms with Gasteiger partial charge in [0, 0.05) is 19.1 Å². The molecule has 1 fully saturated rings. The first-order valence-corrected chi connectivity index (χ1v) is 8.35. The van der Waals surface area contributed by atoms with Crippen molar-refractivity contribution in [2.75, 3.05) is 33.2 Å². The normalized spacial score (nSPS) is 23.8. The third-order valence-corrected chi connectivity index (χ3v) is 5.09. The lowest BCUT2D eigenvalue weighted by Crippen LogP contribution is -2.38. The van der Waals surface area contributed by atoms with Gasteiger partial charge in [-0.05, 0) is 63.4 Å². The highest BCUT2D eigenvalue weighted by Gasteiger charge is 2.23. The molecule has 1 aromatic carbocycles. The lowest BCUT2D eigenvalue weighted by Gasteiger charge is -2.35. The van der Waals surface area contributed by atoms with Crippen LogP contribution in [-0.2, 0) is 6.42 Å². The molecule has 0 saturated carbocycles. The van der Waals surface area contributed by atoms with Gasteiger partial charge in [-0.3, -0.25) is 4.90 Å². The average molecular weight is 272 g/mol. The van der Waals surface area contributed by atoms with Crippen LogP contribution >= 0.6 is 0 Å². The Bertz CT molecular complexity index is 423. The number of hydrogen-bond acceptors (Lipinski definition) is 2. The fourth-order valence-corrected chi connectivity index (χ4v) is 3.82. The number of hydrogen-bond donors (Lipinski definition) is 0. The molecule has 2 nitrogen and oxygen atoms in total. The van der Waals surface area contributed by atoms with E-state index in [0.717, 1.165) is 0 Å². The maximum absolute atomic E-state index is 2.65. The van der Waals surface area contributed by atoms with Gasteiger partial charge in [-0.15, -0.1) is 0 Å². The zero-order valence-corrected chi connectivity index (χ0v) is 12.9. The van der Waals surface area contributed by atoms with Gasteiger partial charge in [0.25, 0.3) is 0 Å². The van der Waals surface area contributed by atoms with Crippen molar-refractivity contribution in [3.8, 4) is 0 Å². The molecule has 0 amide bonds. The number of nitrogens with zero attached hydrogens (tertiary/aromatic N) is 2. The Morgan fingerprint density at radius 2 is 1.90 bits per heavy atom. The van der Waals surface area contributed by atoms with Crippen molar-refractivity contribution in [1.29, 1.82) is 0 Å². The molecular formula is C18H28N2. The molecule has 20 heavy (non-hydrogen) atoms. The van der Waals surface area contributed by atoms with Crippen LogP contribution in [0.2, 0.25) is 0 Å². The minimum atomic E-state index is 0.643. The molecule has 2 heteroatoms. The number of aryl methyl sites for hydroxylation is 1. The first-order chi connectivity index (χ1) is 9.84. The monoisotopic (exact) mass is 272 g/mol. The molecule has 1 aliphatic carbocycles. The molecule has 3 rings (SSSR count). The van der Waals surface area contributed by atoms with Gasteiger partial charge < -0.3 is 4.90 Å². The summed E-state index contributed by atoms with van der Waals surface area (Å²) >= 11 is 0. The number of rotatable bonds is 4. The van der Waals surface area contributed by atoms with Crippen LogP contribution in [-0.4, -0.2) is 43.0 Å². The summed E-state index contributed by atoms with van der Waals surface area (Å²) in [4.78, 5) is 5.24. The highest BCUT2D eigenvalue weighted by molar-refractivity contribution is 5.32. The zero-order chi connectivity index (χ0) is 13.8. The second-order valence-corrected chi connectivity index (χ2v) is 6.49. The van der Waals surface area contributed by atoms with Crippen molar-refractivity contribution in [3.05, 3.63) is 35.4 Å². The SMILES string of the molecule is CN(CCN1CCCCC1)[C@H]1CCCc2ccccc21. The predicted molar refractivity (Wildman–Crippen MR) is 85.0 cm³/mol. The van der Waals surface area contributed by atoms with Gasteiger partial charge in [0.2, 0.25) is 0 Å². The maximum atomic E-state index is 2.65.